The molecule has 1 heterocycles. The molecule has 0 aliphatic heterocycles. The predicted octanol–water partition coefficient (Wildman–Crippen LogP) is 4.20. The maximum atomic E-state index is 12.8. The Morgan fingerprint density at radius 2 is 2.04 bits per heavy atom. The highest BCUT2D eigenvalue weighted by Crippen LogP contribution is 2.21. The summed E-state index contributed by atoms with van der Waals surface area (Å²) in [6, 6.07) is 13.8. The lowest BCUT2D eigenvalue weighted by atomic mass is 10.1. The summed E-state index contributed by atoms with van der Waals surface area (Å²) in [6.07, 6.45) is 2.55. The molecule has 0 fully saturated rings. The number of halogens is 1. The normalized spacial score (nSPS) is 10.5. The van der Waals surface area contributed by atoms with E-state index in [9.17, 15) is 9.18 Å². The number of carbonyl (C=O) groups is 1. The van der Waals surface area contributed by atoms with Gasteiger partial charge in [-0.05, 0) is 36.8 Å². The highest BCUT2D eigenvalue weighted by atomic mass is 32.1. The maximum absolute atomic E-state index is 12.8. The van der Waals surface area contributed by atoms with Crippen LogP contribution in [0.15, 0.2) is 54.7 Å². The summed E-state index contributed by atoms with van der Waals surface area (Å²) in [4.78, 5) is 17.2. The molecule has 25 heavy (non-hydrogen) atoms. The Morgan fingerprint density at radius 3 is 2.80 bits per heavy atom. The minimum Gasteiger partial charge on any atom is -0.484 e. The lowest BCUT2D eigenvalue weighted by Gasteiger charge is -2.05. The van der Waals surface area contributed by atoms with Crippen molar-refractivity contribution in [1.82, 2.24) is 4.98 Å². The van der Waals surface area contributed by atoms with Crippen LogP contribution in [0.25, 0.3) is 0 Å². The van der Waals surface area contributed by atoms with Crippen LogP contribution in [0, 0.1) is 12.7 Å². The molecular formula is C19H17FN2O2S. The molecule has 0 spiro atoms. The first-order valence-electron chi connectivity index (χ1n) is 7.77. The van der Waals surface area contributed by atoms with Gasteiger partial charge in [0.1, 0.15) is 11.6 Å². The van der Waals surface area contributed by atoms with E-state index < -0.39 is 0 Å². The van der Waals surface area contributed by atoms with Gasteiger partial charge in [-0.1, -0.05) is 29.8 Å². The third kappa shape index (κ3) is 5.12. The van der Waals surface area contributed by atoms with Crippen LogP contribution in [0.3, 0.4) is 0 Å². The summed E-state index contributed by atoms with van der Waals surface area (Å²) in [5, 5.41) is 3.25. The maximum Gasteiger partial charge on any atom is 0.264 e. The van der Waals surface area contributed by atoms with Gasteiger partial charge in [-0.25, -0.2) is 9.37 Å². The van der Waals surface area contributed by atoms with Gasteiger partial charge in [-0.2, -0.15) is 0 Å². The number of anilines is 1. The van der Waals surface area contributed by atoms with Gasteiger partial charge in [-0.3, -0.25) is 10.1 Å². The van der Waals surface area contributed by atoms with Crippen LogP contribution < -0.4 is 10.1 Å². The minimum atomic E-state index is -0.347. The topological polar surface area (TPSA) is 51.2 Å². The van der Waals surface area contributed by atoms with Crippen LogP contribution in [0.1, 0.15) is 16.0 Å². The quantitative estimate of drug-likeness (QED) is 0.720. The molecule has 0 saturated heterocycles. The van der Waals surface area contributed by atoms with E-state index in [1.807, 2.05) is 6.07 Å². The smallest absolute Gasteiger partial charge is 0.264 e. The molecule has 6 heteroatoms. The van der Waals surface area contributed by atoms with Crippen molar-refractivity contribution < 1.29 is 13.9 Å². The van der Waals surface area contributed by atoms with Crippen molar-refractivity contribution in [2.75, 3.05) is 11.9 Å². The minimum absolute atomic E-state index is 0.154. The predicted molar refractivity (Wildman–Crippen MR) is 96.6 cm³/mol. The Labute approximate surface area is 149 Å². The number of rotatable bonds is 6. The van der Waals surface area contributed by atoms with Crippen LogP contribution >= 0.6 is 11.3 Å². The standard InChI is InChI=1S/C19H17FN2O2S/c1-13-3-2-4-14(9-13)10-17-11-21-19(25-17)22-18(23)12-24-16-7-5-15(20)6-8-16/h2-9,11H,10,12H2,1H3,(H,21,22,23). The molecule has 0 aliphatic rings. The Bertz CT molecular complexity index is 862. The second-order valence-corrected chi connectivity index (χ2v) is 6.70. The molecule has 0 bridgehead atoms. The number of aromatic nitrogens is 1. The number of nitrogens with zero attached hydrogens (tertiary/aromatic N) is 1. The van der Waals surface area contributed by atoms with Gasteiger partial charge in [0.05, 0.1) is 0 Å². The van der Waals surface area contributed by atoms with Crippen LogP contribution in [0.2, 0.25) is 0 Å². The molecule has 1 amide bonds. The second kappa shape index (κ2) is 7.90. The lowest BCUT2D eigenvalue weighted by Crippen LogP contribution is -2.19. The zero-order valence-corrected chi connectivity index (χ0v) is 14.5. The largest absolute Gasteiger partial charge is 0.484 e. The van der Waals surface area contributed by atoms with Crippen molar-refractivity contribution in [3.05, 3.63) is 76.5 Å². The number of aryl methyl sites for hydroxylation is 1. The van der Waals surface area contributed by atoms with Gasteiger partial charge in [0.2, 0.25) is 0 Å². The molecule has 128 valence electrons. The molecule has 4 nitrogen and oxygen atoms in total. The molecule has 3 rings (SSSR count). The fourth-order valence-corrected chi connectivity index (χ4v) is 3.17. The van der Waals surface area contributed by atoms with E-state index in [2.05, 4.69) is 35.4 Å². The monoisotopic (exact) mass is 356 g/mol. The summed E-state index contributed by atoms with van der Waals surface area (Å²) in [5.41, 5.74) is 2.43. The van der Waals surface area contributed by atoms with Crippen molar-refractivity contribution in [1.29, 1.82) is 0 Å². The first-order chi connectivity index (χ1) is 12.1. The van der Waals surface area contributed by atoms with Crippen LogP contribution in [-0.4, -0.2) is 17.5 Å². The summed E-state index contributed by atoms with van der Waals surface area (Å²) in [6.45, 7) is 1.90. The van der Waals surface area contributed by atoms with Crippen LogP contribution in [-0.2, 0) is 11.2 Å². The average molecular weight is 356 g/mol. The number of nitrogens with one attached hydrogen (secondary N) is 1. The van der Waals surface area contributed by atoms with Crippen LogP contribution in [0.5, 0.6) is 5.75 Å². The van der Waals surface area contributed by atoms with Gasteiger partial charge in [0.25, 0.3) is 5.91 Å². The van der Waals surface area contributed by atoms with Crippen molar-refractivity contribution in [3.8, 4) is 5.75 Å². The van der Waals surface area contributed by atoms with Gasteiger partial charge in [-0.15, -0.1) is 11.3 Å². The van der Waals surface area contributed by atoms with E-state index in [0.29, 0.717) is 10.9 Å². The Morgan fingerprint density at radius 1 is 1.24 bits per heavy atom. The summed E-state index contributed by atoms with van der Waals surface area (Å²) in [7, 11) is 0. The molecule has 0 unspecified atom stereocenters. The van der Waals surface area contributed by atoms with E-state index in [1.54, 1.807) is 6.20 Å². The van der Waals surface area contributed by atoms with Gasteiger partial charge < -0.3 is 4.74 Å². The van der Waals surface area contributed by atoms with E-state index in [1.165, 1.54) is 46.7 Å². The van der Waals surface area contributed by atoms with E-state index in [0.717, 1.165) is 11.3 Å². The van der Waals surface area contributed by atoms with E-state index in [-0.39, 0.29) is 18.3 Å². The number of hydrogen-bond donors (Lipinski definition) is 1. The molecule has 3 aromatic rings. The molecule has 2 aromatic carbocycles. The Balaban J connectivity index is 1.52. The molecule has 1 N–H and O–H groups in total. The fourth-order valence-electron chi connectivity index (χ4n) is 2.31. The fraction of sp³-hybridized carbons (Fsp3) is 0.158. The third-order valence-corrected chi connectivity index (χ3v) is 4.36. The van der Waals surface area contributed by atoms with Crippen molar-refractivity contribution >= 4 is 22.4 Å². The molecule has 0 aliphatic carbocycles. The molecular weight excluding hydrogens is 339 g/mol. The van der Waals surface area contributed by atoms with Crippen molar-refractivity contribution in [2.45, 2.75) is 13.3 Å². The van der Waals surface area contributed by atoms with Gasteiger partial charge >= 0.3 is 0 Å². The number of carbonyl (C=O) groups excluding carboxylic acids is 1. The Kier molecular flexibility index (Phi) is 5.40. The highest BCUT2D eigenvalue weighted by Gasteiger charge is 2.08. The molecule has 0 radical (unpaired) electrons. The molecule has 0 saturated carbocycles. The molecule has 0 atom stereocenters. The highest BCUT2D eigenvalue weighted by molar-refractivity contribution is 7.15. The SMILES string of the molecule is Cc1cccc(Cc2cnc(NC(=O)COc3ccc(F)cc3)s2)c1. The zero-order chi connectivity index (χ0) is 17.6. The number of ether oxygens (including phenoxy) is 1. The summed E-state index contributed by atoms with van der Waals surface area (Å²) >= 11 is 1.44. The van der Waals surface area contributed by atoms with Crippen molar-refractivity contribution in [2.24, 2.45) is 0 Å². The van der Waals surface area contributed by atoms with E-state index >= 15 is 0 Å². The summed E-state index contributed by atoms with van der Waals surface area (Å²) < 4.78 is 18.1. The van der Waals surface area contributed by atoms with Crippen LogP contribution in [0.4, 0.5) is 9.52 Å². The third-order valence-electron chi connectivity index (χ3n) is 3.44. The molecule has 1 aromatic heterocycles. The first kappa shape index (κ1) is 17.1. The number of benzene rings is 2. The number of amides is 1. The zero-order valence-electron chi connectivity index (χ0n) is 13.7. The number of thiazole rings is 1. The average Bonchev–Trinajstić information content (AvgIpc) is 3.01. The second-order valence-electron chi connectivity index (χ2n) is 5.59. The lowest BCUT2D eigenvalue weighted by molar-refractivity contribution is -0.118. The summed E-state index contributed by atoms with van der Waals surface area (Å²) in [5.74, 6) is -0.211. The van der Waals surface area contributed by atoms with Gasteiger partial charge in [0, 0.05) is 17.5 Å². The first-order valence-corrected chi connectivity index (χ1v) is 8.58. The number of hydrogen-bond acceptors (Lipinski definition) is 4. The van der Waals surface area contributed by atoms with Crippen molar-refractivity contribution in [3.63, 3.8) is 0 Å². The van der Waals surface area contributed by atoms with Gasteiger partial charge in [0.15, 0.2) is 11.7 Å². The van der Waals surface area contributed by atoms with E-state index in [4.69, 9.17) is 4.74 Å². The Hall–Kier alpha value is -2.73.